The van der Waals surface area contributed by atoms with E-state index in [-0.39, 0.29) is 5.41 Å². The van der Waals surface area contributed by atoms with Gasteiger partial charge >= 0.3 is 0 Å². The molecule has 2 aromatic heterocycles. The van der Waals surface area contributed by atoms with Gasteiger partial charge in [-0.2, -0.15) is 0 Å². The quantitative estimate of drug-likeness (QED) is 0.162. The van der Waals surface area contributed by atoms with E-state index in [0.29, 0.717) is 17.5 Å². The van der Waals surface area contributed by atoms with Gasteiger partial charge in [0.15, 0.2) is 17.5 Å². The monoisotopic (exact) mass is 774 g/mol. The Bertz CT molecular complexity index is 3130. The van der Waals surface area contributed by atoms with E-state index >= 15 is 0 Å². The third kappa shape index (κ3) is 5.93. The lowest BCUT2D eigenvalue weighted by molar-refractivity contribution is 0.661. The van der Waals surface area contributed by atoms with Crippen LogP contribution in [0.5, 0.6) is 0 Å². The minimum Gasteiger partial charge on any atom is -0.310 e. The average Bonchev–Trinajstić information content (AvgIpc) is 3.79. The molecular formula is C54H38N4S. The largest absolute Gasteiger partial charge is 0.310 e. The van der Waals surface area contributed by atoms with Gasteiger partial charge in [-0.15, -0.1) is 11.3 Å². The summed E-state index contributed by atoms with van der Waals surface area (Å²) in [5.74, 6) is 1.97. The lowest BCUT2D eigenvalue weighted by Crippen LogP contribution is -2.20. The Hall–Kier alpha value is -7.21. The first-order valence-corrected chi connectivity index (χ1v) is 20.8. The van der Waals surface area contributed by atoms with Crippen LogP contribution in [0.4, 0.5) is 17.1 Å². The van der Waals surface area contributed by atoms with Crippen molar-refractivity contribution in [2.75, 3.05) is 4.90 Å². The Morgan fingerprint density at radius 1 is 0.424 bits per heavy atom. The fourth-order valence-electron chi connectivity index (χ4n) is 8.96. The van der Waals surface area contributed by atoms with Gasteiger partial charge in [0.05, 0.1) is 5.69 Å². The Labute approximate surface area is 347 Å². The highest BCUT2D eigenvalue weighted by molar-refractivity contribution is 7.26. The highest BCUT2D eigenvalue weighted by Gasteiger charge is 2.38. The minimum absolute atomic E-state index is 0.198. The number of hydrogen-bond acceptors (Lipinski definition) is 5. The van der Waals surface area contributed by atoms with Crippen LogP contribution in [0.25, 0.3) is 76.6 Å². The minimum atomic E-state index is -0.198. The molecule has 4 nitrogen and oxygen atoms in total. The molecule has 1 aliphatic rings. The van der Waals surface area contributed by atoms with Crippen molar-refractivity contribution in [3.8, 4) is 56.4 Å². The maximum Gasteiger partial charge on any atom is 0.164 e. The van der Waals surface area contributed by atoms with Crippen molar-refractivity contribution in [2.45, 2.75) is 19.3 Å². The fourth-order valence-corrected chi connectivity index (χ4v) is 10.1. The molecule has 0 radical (unpaired) electrons. The zero-order chi connectivity index (χ0) is 39.5. The SMILES string of the molecule is CC1(C)c2ccccc2-c2cccc(N(c3cccc(-c4ccccc4)c3)c3ccc4c(c3)sc3cccc(-c5nc(-c6ccccc6)nc(-c6ccccc6)n5)c34)c21. The third-order valence-corrected chi connectivity index (χ3v) is 12.8. The maximum absolute atomic E-state index is 5.13. The molecular weight excluding hydrogens is 737 g/mol. The van der Waals surface area contributed by atoms with Crippen molar-refractivity contribution in [1.82, 2.24) is 15.0 Å². The van der Waals surface area contributed by atoms with Crippen LogP contribution in [-0.2, 0) is 5.41 Å². The van der Waals surface area contributed by atoms with E-state index in [4.69, 9.17) is 15.0 Å². The van der Waals surface area contributed by atoms with E-state index < -0.39 is 0 Å². The molecule has 0 unspecified atom stereocenters. The molecule has 0 amide bonds. The molecule has 10 aromatic rings. The highest BCUT2D eigenvalue weighted by Crippen LogP contribution is 2.54. The summed E-state index contributed by atoms with van der Waals surface area (Å²) in [6, 6.07) is 69.1. The summed E-state index contributed by atoms with van der Waals surface area (Å²) in [6.45, 7) is 4.73. The van der Waals surface area contributed by atoms with Crippen molar-refractivity contribution < 1.29 is 0 Å². The molecule has 0 aliphatic heterocycles. The van der Waals surface area contributed by atoms with E-state index in [1.165, 1.54) is 53.9 Å². The Morgan fingerprint density at radius 3 is 1.71 bits per heavy atom. The van der Waals surface area contributed by atoms with Gasteiger partial charge in [-0.3, -0.25) is 0 Å². The molecule has 1 aliphatic carbocycles. The Balaban J connectivity index is 1.11. The summed E-state index contributed by atoms with van der Waals surface area (Å²) in [5.41, 5.74) is 13.8. The molecule has 280 valence electrons. The van der Waals surface area contributed by atoms with Gasteiger partial charge < -0.3 is 4.90 Å². The second-order valence-electron chi connectivity index (χ2n) is 15.6. The first-order chi connectivity index (χ1) is 29.0. The maximum atomic E-state index is 5.13. The molecule has 0 atom stereocenters. The van der Waals surface area contributed by atoms with Gasteiger partial charge in [-0.05, 0) is 69.8 Å². The number of thiophene rings is 1. The topological polar surface area (TPSA) is 41.9 Å². The van der Waals surface area contributed by atoms with Crippen LogP contribution in [-0.4, -0.2) is 15.0 Å². The molecule has 0 spiro atoms. The van der Waals surface area contributed by atoms with Gasteiger partial charge in [-0.1, -0.05) is 172 Å². The van der Waals surface area contributed by atoms with Crippen LogP contribution in [0.2, 0.25) is 0 Å². The number of benzene rings is 8. The molecule has 59 heavy (non-hydrogen) atoms. The number of nitrogens with zero attached hydrogens (tertiary/aromatic N) is 4. The third-order valence-electron chi connectivity index (χ3n) is 11.7. The van der Waals surface area contributed by atoms with Crippen molar-refractivity contribution in [1.29, 1.82) is 0 Å². The predicted octanol–water partition coefficient (Wildman–Crippen LogP) is 14.7. The summed E-state index contributed by atoms with van der Waals surface area (Å²) in [4.78, 5) is 17.7. The van der Waals surface area contributed by atoms with Crippen LogP contribution in [0, 0.1) is 0 Å². The molecule has 8 aromatic carbocycles. The van der Waals surface area contributed by atoms with Crippen molar-refractivity contribution >= 4 is 48.6 Å². The Kier molecular flexibility index (Phi) is 8.31. The predicted molar refractivity (Wildman–Crippen MR) is 247 cm³/mol. The van der Waals surface area contributed by atoms with Crippen molar-refractivity contribution in [3.05, 3.63) is 205 Å². The number of aromatic nitrogens is 3. The molecule has 0 N–H and O–H groups in total. The number of rotatable bonds is 7. The molecule has 0 saturated heterocycles. The van der Waals surface area contributed by atoms with Gasteiger partial charge in [0.2, 0.25) is 0 Å². The van der Waals surface area contributed by atoms with E-state index in [0.717, 1.165) is 33.5 Å². The number of fused-ring (bicyclic) bond motifs is 6. The van der Waals surface area contributed by atoms with Gasteiger partial charge in [-0.25, -0.2) is 15.0 Å². The second-order valence-corrected chi connectivity index (χ2v) is 16.7. The van der Waals surface area contributed by atoms with Crippen LogP contribution in [0.1, 0.15) is 25.0 Å². The zero-order valence-electron chi connectivity index (χ0n) is 32.7. The highest BCUT2D eigenvalue weighted by atomic mass is 32.1. The summed E-state index contributed by atoms with van der Waals surface area (Å²) >= 11 is 1.81. The molecule has 2 heterocycles. The zero-order valence-corrected chi connectivity index (χ0v) is 33.5. The number of anilines is 3. The molecule has 0 bridgehead atoms. The molecule has 0 fully saturated rings. The van der Waals surface area contributed by atoms with E-state index in [2.05, 4.69) is 176 Å². The van der Waals surface area contributed by atoms with Crippen LogP contribution >= 0.6 is 11.3 Å². The number of hydrogen-bond donors (Lipinski definition) is 0. The molecule has 5 heteroatoms. The normalized spacial score (nSPS) is 12.7. The lowest BCUT2D eigenvalue weighted by Gasteiger charge is -2.32. The lowest BCUT2D eigenvalue weighted by atomic mass is 9.81. The van der Waals surface area contributed by atoms with Crippen molar-refractivity contribution in [3.63, 3.8) is 0 Å². The second kappa shape index (κ2) is 14.0. The smallest absolute Gasteiger partial charge is 0.164 e. The Morgan fingerprint density at radius 2 is 0.983 bits per heavy atom. The van der Waals surface area contributed by atoms with Crippen LogP contribution in [0.15, 0.2) is 194 Å². The average molecular weight is 775 g/mol. The van der Waals surface area contributed by atoms with Crippen LogP contribution < -0.4 is 4.90 Å². The first kappa shape index (κ1) is 35.0. The fraction of sp³-hybridized carbons (Fsp3) is 0.0556. The first-order valence-electron chi connectivity index (χ1n) is 20.0. The molecule has 0 saturated carbocycles. The summed E-state index contributed by atoms with van der Waals surface area (Å²) < 4.78 is 2.39. The van der Waals surface area contributed by atoms with Crippen LogP contribution in [0.3, 0.4) is 0 Å². The van der Waals surface area contributed by atoms with E-state index in [9.17, 15) is 0 Å². The summed E-state index contributed by atoms with van der Waals surface area (Å²) in [5, 5.41) is 2.33. The molecule has 11 rings (SSSR count). The standard InChI is InChI=1S/C54H38N4S/c1-54(2)45-28-13-12-25-41(45)42-26-15-29-46(50(42)54)58(39-24-14-23-38(33-39)35-17-6-3-7-18-35)40-31-32-43-48(34-40)59-47-30-16-27-44(49(43)47)53-56-51(36-19-8-4-9-20-36)55-52(57-53)37-21-10-5-11-22-37/h3-34H,1-2H3. The van der Waals surface area contributed by atoms with Gasteiger partial charge in [0.1, 0.15) is 0 Å². The summed E-state index contributed by atoms with van der Waals surface area (Å²) in [6.07, 6.45) is 0. The van der Waals surface area contributed by atoms with E-state index in [1.54, 1.807) is 0 Å². The summed E-state index contributed by atoms with van der Waals surface area (Å²) in [7, 11) is 0. The van der Waals surface area contributed by atoms with Gasteiger partial charge in [0, 0.05) is 53.7 Å². The van der Waals surface area contributed by atoms with Crippen molar-refractivity contribution in [2.24, 2.45) is 0 Å². The van der Waals surface area contributed by atoms with E-state index in [1.807, 2.05) is 47.7 Å². The van der Waals surface area contributed by atoms with Gasteiger partial charge in [0.25, 0.3) is 0 Å².